The first-order valence-corrected chi connectivity index (χ1v) is 8.89. The first-order chi connectivity index (χ1) is 13.2. The highest BCUT2D eigenvalue weighted by molar-refractivity contribution is 5.84. The quantitative estimate of drug-likeness (QED) is 0.461. The van der Waals surface area contributed by atoms with Gasteiger partial charge in [0, 0.05) is 23.4 Å². The average Bonchev–Trinajstić information content (AvgIpc) is 3.17. The van der Waals surface area contributed by atoms with Gasteiger partial charge in [-0.25, -0.2) is 4.39 Å². The van der Waals surface area contributed by atoms with Crippen molar-refractivity contribution < 1.29 is 9.13 Å². The Labute approximate surface area is 157 Å². The number of aromatic amines is 1. The van der Waals surface area contributed by atoms with Crippen LogP contribution in [0.2, 0.25) is 0 Å². The van der Waals surface area contributed by atoms with Crippen molar-refractivity contribution in [2.45, 2.75) is 6.92 Å². The lowest BCUT2D eigenvalue weighted by Gasteiger charge is -2.25. The number of benzene rings is 3. The Morgan fingerprint density at radius 1 is 0.963 bits per heavy atom. The van der Waals surface area contributed by atoms with E-state index in [1.807, 2.05) is 43.5 Å². The van der Waals surface area contributed by atoms with Gasteiger partial charge >= 0.3 is 0 Å². The summed E-state index contributed by atoms with van der Waals surface area (Å²) >= 11 is 0. The molecule has 0 spiro atoms. The van der Waals surface area contributed by atoms with Crippen molar-refractivity contribution in [3.8, 4) is 11.1 Å². The third kappa shape index (κ3) is 3.68. The number of H-pyrrole nitrogens is 1. The van der Waals surface area contributed by atoms with Crippen LogP contribution < -0.4 is 4.90 Å². The number of hydrogen-bond donors (Lipinski definition) is 1. The highest BCUT2D eigenvalue weighted by Crippen LogP contribution is 2.31. The molecule has 0 unspecified atom stereocenters. The molecular formula is C22H20FN3O. The molecular weight excluding hydrogens is 341 g/mol. The molecule has 4 rings (SSSR count). The van der Waals surface area contributed by atoms with Gasteiger partial charge in [0.2, 0.25) is 0 Å². The Bertz CT molecular complexity index is 1040. The molecule has 0 aliphatic heterocycles. The van der Waals surface area contributed by atoms with Gasteiger partial charge in [0.25, 0.3) is 0 Å². The second kappa shape index (κ2) is 7.60. The highest BCUT2D eigenvalue weighted by Gasteiger charge is 2.12. The molecule has 0 amide bonds. The number of aromatic nitrogens is 2. The van der Waals surface area contributed by atoms with Gasteiger partial charge in [0.1, 0.15) is 12.5 Å². The fourth-order valence-corrected chi connectivity index (χ4v) is 3.07. The third-order valence-corrected chi connectivity index (χ3v) is 4.50. The summed E-state index contributed by atoms with van der Waals surface area (Å²) in [5.41, 5.74) is 5.02. The molecule has 27 heavy (non-hydrogen) atoms. The zero-order chi connectivity index (χ0) is 18.6. The minimum atomic E-state index is -0.235. The van der Waals surface area contributed by atoms with E-state index in [1.165, 1.54) is 12.1 Å². The summed E-state index contributed by atoms with van der Waals surface area (Å²) < 4.78 is 19.0. The predicted molar refractivity (Wildman–Crippen MR) is 107 cm³/mol. The molecule has 4 aromatic rings. The van der Waals surface area contributed by atoms with Crippen molar-refractivity contribution in [2.75, 3.05) is 18.2 Å². The minimum absolute atomic E-state index is 0.235. The van der Waals surface area contributed by atoms with E-state index in [0.29, 0.717) is 13.3 Å². The van der Waals surface area contributed by atoms with Crippen molar-refractivity contribution in [3.05, 3.63) is 78.7 Å². The van der Waals surface area contributed by atoms with Gasteiger partial charge in [0.15, 0.2) is 0 Å². The number of rotatable bonds is 6. The van der Waals surface area contributed by atoms with E-state index in [0.717, 1.165) is 33.4 Å². The van der Waals surface area contributed by atoms with Crippen LogP contribution in [-0.4, -0.2) is 23.5 Å². The number of ether oxygens (including phenoxy) is 1. The van der Waals surface area contributed by atoms with Gasteiger partial charge in [-0.3, -0.25) is 5.10 Å². The molecule has 0 atom stereocenters. The zero-order valence-corrected chi connectivity index (χ0v) is 15.0. The summed E-state index contributed by atoms with van der Waals surface area (Å²) in [7, 11) is 0. The van der Waals surface area contributed by atoms with Crippen LogP contribution in [0.3, 0.4) is 0 Å². The lowest BCUT2D eigenvalue weighted by Crippen LogP contribution is -2.20. The van der Waals surface area contributed by atoms with Crippen LogP contribution in [0, 0.1) is 5.82 Å². The van der Waals surface area contributed by atoms with Crippen LogP contribution in [0.15, 0.2) is 72.9 Å². The van der Waals surface area contributed by atoms with Gasteiger partial charge < -0.3 is 9.64 Å². The summed E-state index contributed by atoms with van der Waals surface area (Å²) in [6.45, 7) is 3.04. The van der Waals surface area contributed by atoms with E-state index in [4.69, 9.17) is 4.74 Å². The molecule has 136 valence electrons. The van der Waals surface area contributed by atoms with E-state index < -0.39 is 0 Å². The first-order valence-electron chi connectivity index (χ1n) is 8.89. The lowest BCUT2D eigenvalue weighted by molar-refractivity contribution is 0.154. The van der Waals surface area contributed by atoms with Crippen LogP contribution in [0.25, 0.3) is 22.0 Å². The molecule has 0 saturated carbocycles. The molecule has 5 heteroatoms. The maximum atomic E-state index is 13.2. The normalized spacial score (nSPS) is 11.0. The molecule has 0 fully saturated rings. The molecule has 0 saturated heterocycles. The molecule has 4 nitrogen and oxygen atoms in total. The van der Waals surface area contributed by atoms with E-state index in [9.17, 15) is 4.39 Å². The molecule has 1 heterocycles. The number of nitrogens with zero attached hydrogens (tertiary/aromatic N) is 2. The first kappa shape index (κ1) is 17.2. The molecule has 0 radical (unpaired) electrons. The summed E-state index contributed by atoms with van der Waals surface area (Å²) in [5, 5.41) is 8.11. The van der Waals surface area contributed by atoms with Gasteiger partial charge in [-0.1, -0.05) is 24.3 Å². The van der Waals surface area contributed by atoms with Gasteiger partial charge in [-0.05, 0) is 60.5 Å². The second-order valence-electron chi connectivity index (χ2n) is 6.25. The molecule has 1 N–H and O–H groups in total. The standard InChI is InChI=1S/C22H20FN3O/c1-2-27-15-26(21-10-11-22-18(13-21)14-24-25-22)20-5-3-4-17(12-20)16-6-8-19(23)9-7-16/h3-14H,2,15H2,1H3,(H,24,25). The Hall–Kier alpha value is -3.18. The maximum absolute atomic E-state index is 13.2. The Morgan fingerprint density at radius 2 is 1.78 bits per heavy atom. The number of anilines is 2. The number of fused-ring (bicyclic) bond motifs is 1. The van der Waals surface area contributed by atoms with E-state index >= 15 is 0 Å². The van der Waals surface area contributed by atoms with Crippen molar-refractivity contribution in [3.63, 3.8) is 0 Å². The van der Waals surface area contributed by atoms with Crippen LogP contribution >= 0.6 is 0 Å². The van der Waals surface area contributed by atoms with Crippen molar-refractivity contribution in [2.24, 2.45) is 0 Å². The van der Waals surface area contributed by atoms with Crippen molar-refractivity contribution in [1.82, 2.24) is 10.2 Å². The van der Waals surface area contributed by atoms with Gasteiger partial charge in [-0.15, -0.1) is 0 Å². The average molecular weight is 361 g/mol. The molecule has 0 aliphatic carbocycles. The van der Waals surface area contributed by atoms with Gasteiger partial charge in [0.05, 0.1) is 11.7 Å². The summed E-state index contributed by atoms with van der Waals surface area (Å²) in [5.74, 6) is -0.235. The van der Waals surface area contributed by atoms with E-state index in [2.05, 4.69) is 27.2 Å². The molecule has 1 aromatic heterocycles. The van der Waals surface area contributed by atoms with Crippen LogP contribution in [0.5, 0.6) is 0 Å². The molecule has 0 bridgehead atoms. The van der Waals surface area contributed by atoms with Gasteiger partial charge in [-0.2, -0.15) is 5.10 Å². The van der Waals surface area contributed by atoms with Crippen molar-refractivity contribution in [1.29, 1.82) is 0 Å². The van der Waals surface area contributed by atoms with Crippen LogP contribution in [0.1, 0.15) is 6.92 Å². The SMILES string of the molecule is CCOCN(c1cccc(-c2ccc(F)cc2)c1)c1ccc2[nH]ncc2c1. The topological polar surface area (TPSA) is 41.1 Å². The summed E-state index contributed by atoms with van der Waals surface area (Å²) in [6, 6.07) is 20.8. The Morgan fingerprint density at radius 3 is 2.59 bits per heavy atom. The Balaban J connectivity index is 1.73. The minimum Gasteiger partial charge on any atom is -0.361 e. The van der Waals surface area contributed by atoms with Crippen molar-refractivity contribution >= 4 is 22.3 Å². The summed E-state index contributed by atoms with van der Waals surface area (Å²) in [6.07, 6.45) is 1.81. The second-order valence-corrected chi connectivity index (χ2v) is 6.25. The van der Waals surface area contributed by atoms with Crippen LogP contribution in [-0.2, 0) is 4.74 Å². The fraction of sp³-hybridized carbons (Fsp3) is 0.136. The van der Waals surface area contributed by atoms with E-state index in [-0.39, 0.29) is 5.82 Å². The summed E-state index contributed by atoms with van der Waals surface area (Å²) in [4.78, 5) is 2.11. The maximum Gasteiger partial charge on any atom is 0.123 e. The predicted octanol–water partition coefficient (Wildman–Crippen LogP) is 5.50. The third-order valence-electron chi connectivity index (χ3n) is 4.50. The van der Waals surface area contributed by atoms with E-state index in [1.54, 1.807) is 12.1 Å². The molecule has 0 aliphatic rings. The number of nitrogens with one attached hydrogen (secondary N) is 1. The zero-order valence-electron chi connectivity index (χ0n) is 15.0. The Kier molecular flexibility index (Phi) is 4.85. The van der Waals surface area contributed by atoms with Crippen LogP contribution in [0.4, 0.5) is 15.8 Å². The number of hydrogen-bond acceptors (Lipinski definition) is 3. The smallest absolute Gasteiger partial charge is 0.123 e. The highest BCUT2D eigenvalue weighted by atomic mass is 19.1. The monoisotopic (exact) mass is 361 g/mol. The fourth-order valence-electron chi connectivity index (χ4n) is 3.07. The molecule has 3 aromatic carbocycles. The number of halogens is 1. The lowest BCUT2D eigenvalue weighted by atomic mass is 10.0. The largest absolute Gasteiger partial charge is 0.361 e.